The number of hydrogen-bond donors (Lipinski definition) is 2. The van der Waals surface area contributed by atoms with Crippen LogP contribution in [0.15, 0.2) is 23.2 Å². The zero-order valence-electron chi connectivity index (χ0n) is 14.9. The van der Waals surface area contributed by atoms with Gasteiger partial charge in [-0.05, 0) is 38.0 Å². The van der Waals surface area contributed by atoms with E-state index >= 15 is 0 Å². The Morgan fingerprint density at radius 3 is 2.75 bits per heavy atom. The van der Waals surface area contributed by atoms with Crippen LogP contribution in [0.3, 0.4) is 0 Å². The minimum absolute atomic E-state index is 0.179. The van der Waals surface area contributed by atoms with E-state index < -0.39 is 0 Å². The van der Waals surface area contributed by atoms with E-state index in [1.807, 2.05) is 13.0 Å². The number of halogens is 1. The molecule has 24 heavy (non-hydrogen) atoms. The van der Waals surface area contributed by atoms with Gasteiger partial charge in [0.1, 0.15) is 5.82 Å². The Morgan fingerprint density at radius 1 is 1.33 bits per heavy atom. The lowest BCUT2D eigenvalue weighted by Gasteiger charge is -2.32. The summed E-state index contributed by atoms with van der Waals surface area (Å²) in [5, 5.41) is 6.62. The SMILES string of the molecule is CCNC(=NCc1ccc(C)c(F)c1)NCC(C)N1CCOCC1. The van der Waals surface area contributed by atoms with E-state index in [4.69, 9.17) is 4.74 Å². The fourth-order valence-electron chi connectivity index (χ4n) is 2.64. The highest BCUT2D eigenvalue weighted by Crippen LogP contribution is 2.10. The molecule has 1 aliphatic heterocycles. The Kier molecular flexibility index (Phi) is 7.46. The van der Waals surface area contributed by atoms with Crippen molar-refractivity contribution in [2.75, 3.05) is 39.4 Å². The van der Waals surface area contributed by atoms with Crippen molar-refractivity contribution < 1.29 is 9.13 Å². The molecule has 0 aromatic heterocycles. The molecule has 0 saturated carbocycles. The molecule has 1 aromatic carbocycles. The number of benzene rings is 1. The molecule has 1 unspecified atom stereocenters. The van der Waals surface area contributed by atoms with E-state index in [-0.39, 0.29) is 5.82 Å². The van der Waals surface area contributed by atoms with Gasteiger partial charge in [0.25, 0.3) is 0 Å². The van der Waals surface area contributed by atoms with Crippen LogP contribution in [0.4, 0.5) is 4.39 Å². The predicted octanol–water partition coefficient (Wildman–Crippen LogP) is 1.91. The molecule has 1 saturated heterocycles. The van der Waals surface area contributed by atoms with E-state index in [0.29, 0.717) is 18.2 Å². The second-order valence-corrected chi connectivity index (χ2v) is 6.16. The van der Waals surface area contributed by atoms with Crippen LogP contribution in [-0.2, 0) is 11.3 Å². The zero-order chi connectivity index (χ0) is 17.4. The number of nitrogens with one attached hydrogen (secondary N) is 2. The van der Waals surface area contributed by atoms with Crippen molar-refractivity contribution in [3.05, 3.63) is 35.1 Å². The number of nitrogens with zero attached hydrogens (tertiary/aromatic N) is 2. The lowest BCUT2D eigenvalue weighted by molar-refractivity contribution is 0.0211. The second-order valence-electron chi connectivity index (χ2n) is 6.16. The standard InChI is InChI=1S/C18H29FN4O/c1-4-20-18(21-12-15(3)23-7-9-24-10-8-23)22-13-16-6-5-14(2)17(19)11-16/h5-6,11,15H,4,7-10,12-13H2,1-3H3,(H2,20,21,22). The Hall–Kier alpha value is -1.66. The smallest absolute Gasteiger partial charge is 0.191 e. The van der Waals surface area contributed by atoms with E-state index in [2.05, 4.69) is 27.4 Å². The number of morpholine rings is 1. The third-order valence-electron chi connectivity index (χ3n) is 4.23. The fraction of sp³-hybridized carbons (Fsp3) is 0.611. The van der Waals surface area contributed by atoms with Gasteiger partial charge in [-0.3, -0.25) is 4.90 Å². The van der Waals surface area contributed by atoms with E-state index in [1.165, 1.54) is 0 Å². The van der Waals surface area contributed by atoms with Crippen LogP contribution in [0.25, 0.3) is 0 Å². The summed E-state index contributed by atoms with van der Waals surface area (Å²) < 4.78 is 19.0. The maximum absolute atomic E-state index is 13.6. The van der Waals surface area contributed by atoms with Crippen LogP contribution in [0.2, 0.25) is 0 Å². The molecule has 0 radical (unpaired) electrons. The molecular formula is C18H29FN4O. The molecule has 1 aromatic rings. The number of rotatable bonds is 6. The summed E-state index contributed by atoms with van der Waals surface area (Å²) in [6, 6.07) is 5.68. The van der Waals surface area contributed by atoms with Crippen molar-refractivity contribution in [1.82, 2.24) is 15.5 Å². The Labute approximate surface area is 144 Å². The second kappa shape index (κ2) is 9.59. The topological polar surface area (TPSA) is 48.9 Å². The van der Waals surface area contributed by atoms with Crippen LogP contribution >= 0.6 is 0 Å². The third-order valence-corrected chi connectivity index (χ3v) is 4.23. The van der Waals surface area contributed by atoms with Crippen molar-refractivity contribution >= 4 is 5.96 Å². The minimum atomic E-state index is -0.179. The maximum Gasteiger partial charge on any atom is 0.191 e. The van der Waals surface area contributed by atoms with Gasteiger partial charge in [-0.2, -0.15) is 0 Å². The van der Waals surface area contributed by atoms with Crippen LogP contribution in [0.1, 0.15) is 25.0 Å². The lowest BCUT2D eigenvalue weighted by Crippen LogP contribution is -2.49. The molecule has 1 atom stereocenters. The van der Waals surface area contributed by atoms with Crippen molar-refractivity contribution in [2.45, 2.75) is 33.4 Å². The predicted molar refractivity (Wildman–Crippen MR) is 95.8 cm³/mol. The fourth-order valence-corrected chi connectivity index (χ4v) is 2.64. The summed E-state index contributed by atoms with van der Waals surface area (Å²) in [5.74, 6) is 0.584. The molecule has 6 heteroatoms. The van der Waals surface area contributed by atoms with Crippen LogP contribution in [0, 0.1) is 12.7 Å². The maximum atomic E-state index is 13.6. The van der Waals surface area contributed by atoms with Crippen molar-refractivity contribution in [3.8, 4) is 0 Å². The molecule has 0 amide bonds. The summed E-state index contributed by atoms with van der Waals surface area (Å²) >= 11 is 0. The normalized spacial score (nSPS) is 17.6. The van der Waals surface area contributed by atoms with Gasteiger partial charge < -0.3 is 15.4 Å². The highest BCUT2D eigenvalue weighted by atomic mass is 19.1. The molecule has 5 nitrogen and oxygen atoms in total. The summed E-state index contributed by atoms with van der Waals surface area (Å²) in [4.78, 5) is 6.97. The summed E-state index contributed by atoms with van der Waals surface area (Å²) in [5.41, 5.74) is 1.53. The van der Waals surface area contributed by atoms with E-state index in [1.54, 1.807) is 19.1 Å². The van der Waals surface area contributed by atoms with Gasteiger partial charge in [-0.1, -0.05) is 12.1 Å². The summed E-state index contributed by atoms with van der Waals surface area (Å²) in [7, 11) is 0. The average molecular weight is 336 g/mol. The number of guanidine groups is 1. The van der Waals surface area contributed by atoms with Crippen LogP contribution in [-0.4, -0.2) is 56.3 Å². The first-order valence-electron chi connectivity index (χ1n) is 8.69. The monoisotopic (exact) mass is 336 g/mol. The van der Waals surface area contributed by atoms with E-state index in [0.717, 1.165) is 50.9 Å². The molecule has 2 rings (SSSR count). The minimum Gasteiger partial charge on any atom is -0.379 e. The van der Waals surface area contributed by atoms with Crippen molar-refractivity contribution in [2.24, 2.45) is 4.99 Å². The average Bonchev–Trinajstić information content (AvgIpc) is 2.60. The molecule has 0 bridgehead atoms. The van der Waals surface area contributed by atoms with Crippen LogP contribution < -0.4 is 10.6 Å². The van der Waals surface area contributed by atoms with Crippen molar-refractivity contribution in [1.29, 1.82) is 0 Å². The van der Waals surface area contributed by atoms with Crippen LogP contribution in [0.5, 0.6) is 0 Å². The van der Waals surface area contributed by atoms with Gasteiger partial charge in [0, 0.05) is 32.2 Å². The number of aryl methyl sites for hydroxylation is 1. The molecule has 134 valence electrons. The number of ether oxygens (including phenoxy) is 1. The number of hydrogen-bond acceptors (Lipinski definition) is 3. The summed E-state index contributed by atoms with van der Waals surface area (Å²) in [6.07, 6.45) is 0. The molecule has 1 heterocycles. The van der Waals surface area contributed by atoms with Gasteiger partial charge in [0.05, 0.1) is 19.8 Å². The molecule has 1 aliphatic rings. The lowest BCUT2D eigenvalue weighted by atomic mass is 10.1. The third kappa shape index (κ3) is 5.76. The molecule has 0 spiro atoms. The Balaban J connectivity index is 1.88. The molecule has 2 N–H and O–H groups in total. The first kappa shape index (κ1) is 18.7. The Morgan fingerprint density at radius 2 is 2.08 bits per heavy atom. The van der Waals surface area contributed by atoms with Gasteiger partial charge in [0.15, 0.2) is 5.96 Å². The first-order valence-corrected chi connectivity index (χ1v) is 8.69. The quantitative estimate of drug-likeness (QED) is 0.615. The highest BCUT2D eigenvalue weighted by Gasteiger charge is 2.16. The molecule has 1 fully saturated rings. The van der Waals surface area contributed by atoms with E-state index in [9.17, 15) is 4.39 Å². The Bertz CT molecular complexity index is 544. The summed E-state index contributed by atoms with van der Waals surface area (Å²) in [6.45, 7) is 11.6. The molecule has 0 aliphatic carbocycles. The van der Waals surface area contributed by atoms with Gasteiger partial charge >= 0.3 is 0 Å². The van der Waals surface area contributed by atoms with Gasteiger partial charge in [0.2, 0.25) is 0 Å². The zero-order valence-corrected chi connectivity index (χ0v) is 14.9. The first-order chi connectivity index (χ1) is 11.6. The number of aliphatic imine (C=N–C) groups is 1. The largest absolute Gasteiger partial charge is 0.379 e. The van der Waals surface area contributed by atoms with Crippen molar-refractivity contribution in [3.63, 3.8) is 0 Å². The van der Waals surface area contributed by atoms with Gasteiger partial charge in [-0.25, -0.2) is 9.38 Å². The van der Waals surface area contributed by atoms with Gasteiger partial charge in [-0.15, -0.1) is 0 Å². The molecular weight excluding hydrogens is 307 g/mol. The highest BCUT2D eigenvalue weighted by molar-refractivity contribution is 5.79.